The van der Waals surface area contributed by atoms with Crippen LogP contribution in [-0.4, -0.2) is 32.5 Å². The maximum absolute atomic E-state index is 14.5. The van der Waals surface area contributed by atoms with Crippen molar-refractivity contribution >= 4 is 19.4 Å². The van der Waals surface area contributed by atoms with Gasteiger partial charge in [-0.15, -0.1) is 0 Å². The Morgan fingerprint density at radius 1 is 1.19 bits per heavy atom. The maximum atomic E-state index is 14.5. The molecular formula is C20H14BF5N2O4. The van der Waals surface area contributed by atoms with E-state index in [1.165, 1.54) is 7.11 Å². The van der Waals surface area contributed by atoms with Crippen LogP contribution in [0.4, 0.5) is 22.0 Å². The normalized spacial score (nSPS) is 12.6. The van der Waals surface area contributed by atoms with Crippen molar-refractivity contribution in [2.45, 2.75) is 12.3 Å². The van der Waals surface area contributed by atoms with E-state index in [9.17, 15) is 26.7 Å². The van der Waals surface area contributed by atoms with Gasteiger partial charge >= 0.3 is 6.18 Å². The number of halogens is 5. The van der Waals surface area contributed by atoms with Crippen molar-refractivity contribution in [2.75, 3.05) is 13.7 Å². The van der Waals surface area contributed by atoms with E-state index in [1.807, 2.05) is 0 Å². The van der Waals surface area contributed by atoms with Crippen molar-refractivity contribution in [3.05, 3.63) is 65.1 Å². The predicted octanol–water partition coefficient (Wildman–Crippen LogP) is 3.30. The fourth-order valence-electron chi connectivity index (χ4n) is 2.82. The van der Waals surface area contributed by atoms with Crippen molar-refractivity contribution in [3.8, 4) is 17.0 Å². The Morgan fingerprint density at radius 3 is 2.41 bits per heavy atom. The molecule has 166 valence electrons. The van der Waals surface area contributed by atoms with Crippen LogP contribution in [0, 0.1) is 11.6 Å². The molecule has 1 aromatic heterocycles. The van der Waals surface area contributed by atoms with E-state index in [4.69, 9.17) is 27.5 Å². The second-order valence-electron chi connectivity index (χ2n) is 6.50. The van der Waals surface area contributed by atoms with Gasteiger partial charge in [0, 0.05) is 12.7 Å². The first-order valence-electron chi connectivity index (χ1n) is 8.90. The lowest BCUT2D eigenvalue weighted by Gasteiger charge is -2.16. The Hall–Kier alpha value is -3.41. The van der Waals surface area contributed by atoms with Crippen molar-refractivity contribution in [1.82, 2.24) is 4.98 Å². The molecule has 1 atom stereocenters. The van der Waals surface area contributed by atoms with E-state index < -0.39 is 46.7 Å². The van der Waals surface area contributed by atoms with Crippen molar-refractivity contribution in [2.24, 2.45) is 5.73 Å². The number of nitrogens with zero attached hydrogens (tertiary/aromatic N) is 1. The summed E-state index contributed by atoms with van der Waals surface area (Å²) in [5, 5.41) is 0. The molecule has 1 heterocycles. The summed E-state index contributed by atoms with van der Waals surface area (Å²) in [5.74, 6) is -4.56. The zero-order valence-corrected chi connectivity index (χ0v) is 16.4. The maximum Gasteiger partial charge on any atom is 0.416 e. The Morgan fingerprint density at radius 2 is 1.84 bits per heavy atom. The lowest BCUT2D eigenvalue weighted by atomic mass is 9.98. The van der Waals surface area contributed by atoms with Crippen LogP contribution < -0.4 is 16.1 Å². The number of carbonyl (C=O) groups excluding carboxylic acids is 1. The van der Waals surface area contributed by atoms with Gasteiger partial charge in [-0.1, -0.05) is 12.1 Å². The summed E-state index contributed by atoms with van der Waals surface area (Å²) in [4.78, 5) is 15.4. The standard InChI is InChI=1S/C20H14BF5N2O4/c1-30-8-13(31-12-7-6-11(22)14(15(12)23)18(27)29)19-28-16(17(21)32-19)9-2-4-10(5-3-9)20(24,25)26/h2-7,13H,8H2,1H3,(H2,27,29). The number of carbonyl (C=O) groups is 1. The van der Waals surface area contributed by atoms with E-state index in [1.54, 1.807) is 0 Å². The molecule has 1 unspecified atom stereocenters. The molecule has 0 spiro atoms. The highest BCUT2D eigenvalue weighted by Gasteiger charge is 2.30. The number of hydrogen-bond acceptors (Lipinski definition) is 5. The highest BCUT2D eigenvalue weighted by Crippen LogP contribution is 2.32. The van der Waals surface area contributed by atoms with Crippen LogP contribution in [0.2, 0.25) is 0 Å². The van der Waals surface area contributed by atoms with E-state index in [0.29, 0.717) is 0 Å². The number of primary amides is 1. The fourth-order valence-corrected chi connectivity index (χ4v) is 2.82. The summed E-state index contributed by atoms with van der Waals surface area (Å²) in [6.45, 7) is -0.227. The van der Waals surface area contributed by atoms with E-state index in [2.05, 4.69) is 4.98 Å². The highest BCUT2D eigenvalue weighted by atomic mass is 19.4. The minimum atomic E-state index is -4.51. The third kappa shape index (κ3) is 4.74. The third-order valence-electron chi connectivity index (χ3n) is 4.32. The highest BCUT2D eigenvalue weighted by molar-refractivity contribution is 6.33. The second kappa shape index (κ2) is 8.99. The van der Waals surface area contributed by atoms with Crippen LogP contribution in [0.1, 0.15) is 27.9 Å². The first-order chi connectivity index (χ1) is 15.0. The van der Waals surface area contributed by atoms with E-state index in [0.717, 1.165) is 36.4 Å². The van der Waals surface area contributed by atoms with Gasteiger partial charge in [0.1, 0.15) is 17.1 Å². The van der Waals surface area contributed by atoms with Crippen molar-refractivity contribution in [3.63, 3.8) is 0 Å². The first-order valence-corrected chi connectivity index (χ1v) is 8.90. The fraction of sp³-hybridized carbons (Fsp3) is 0.200. The Balaban J connectivity index is 1.94. The molecule has 3 rings (SSSR count). The summed E-state index contributed by atoms with van der Waals surface area (Å²) in [5.41, 5.74) is 3.16. The molecule has 0 saturated carbocycles. The number of methoxy groups -OCH3 is 1. The van der Waals surface area contributed by atoms with Gasteiger partial charge in [-0.25, -0.2) is 13.8 Å². The van der Waals surface area contributed by atoms with Crippen LogP contribution in [0.5, 0.6) is 5.75 Å². The zero-order chi connectivity index (χ0) is 23.6. The lowest BCUT2D eigenvalue weighted by Crippen LogP contribution is -2.19. The Kier molecular flexibility index (Phi) is 6.54. The average molecular weight is 452 g/mol. The largest absolute Gasteiger partial charge is 0.475 e. The topological polar surface area (TPSA) is 87.6 Å². The molecule has 2 radical (unpaired) electrons. The quantitative estimate of drug-likeness (QED) is 0.439. The number of oxazole rings is 1. The average Bonchev–Trinajstić information content (AvgIpc) is 3.10. The smallest absolute Gasteiger partial charge is 0.416 e. The number of alkyl halides is 3. The van der Waals surface area contributed by atoms with E-state index >= 15 is 0 Å². The molecule has 0 fully saturated rings. The van der Waals surface area contributed by atoms with Gasteiger partial charge < -0.3 is 19.6 Å². The SMILES string of the molecule is [B]c1oc(C(COC)Oc2ccc(F)c(C(N)=O)c2F)nc1-c1ccc(C(F)(F)F)cc1. The van der Waals surface area contributed by atoms with Gasteiger partial charge in [-0.3, -0.25) is 4.79 Å². The number of hydrogen-bond donors (Lipinski definition) is 1. The molecule has 3 aromatic rings. The lowest BCUT2D eigenvalue weighted by molar-refractivity contribution is -0.137. The molecule has 12 heteroatoms. The van der Waals surface area contributed by atoms with Gasteiger partial charge in [0.05, 0.1) is 17.8 Å². The molecule has 0 bridgehead atoms. The molecule has 0 saturated heterocycles. The Labute approximate surface area is 179 Å². The van der Waals surface area contributed by atoms with Crippen LogP contribution in [0.25, 0.3) is 11.3 Å². The molecule has 0 aliphatic rings. The first kappa shape index (κ1) is 23.3. The molecule has 0 aliphatic carbocycles. The van der Waals surface area contributed by atoms with Gasteiger partial charge in [0.15, 0.2) is 25.5 Å². The predicted molar refractivity (Wildman–Crippen MR) is 102 cm³/mol. The van der Waals surface area contributed by atoms with Gasteiger partial charge in [0.2, 0.25) is 5.89 Å². The van der Waals surface area contributed by atoms with Crippen molar-refractivity contribution < 1.29 is 40.6 Å². The van der Waals surface area contributed by atoms with Crippen LogP contribution in [0.15, 0.2) is 40.8 Å². The number of ether oxygens (including phenoxy) is 2. The van der Waals surface area contributed by atoms with Crippen LogP contribution in [-0.2, 0) is 10.9 Å². The summed E-state index contributed by atoms with van der Waals surface area (Å²) in [6.07, 6.45) is -5.72. The molecule has 32 heavy (non-hydrogen) atoms. The molecule has 2 N–H and O–H groups in total. The summed E-state index contributed by atoms with van der Waals surface area (Å²) < 4.78 is 82.3. The minimum absolute atomic E-state index is 0.0239. The number of amides is 1. The monoisotopic (exact) mass is 452 g/mol. The summed E-state index contributed by atoms with van der Waals surface area (Å²) in [6, 6.07) is 5.75. The van der Waals surface area contributed by atoms with Crippen LogP contribution >= 0.6 is 0 Å². The summed E-state index contributed by atoms with van der Waals surface area (Å²) >= 11 is 0. The Bertz CT molecular complexity index is 1130. The second-order valence-corrected chi connectivity index (χ2v) is 6.50. The molecule has 6 nitrogen and oxygen atoms in total. The zero-order valence-electron chi connectivity index (χ0n) is 16.4. The third-order valence-corrected chi connectivity index (χ3v) is 4.32. The van der Waals surface area contributed by atoms with Gasteiger partial charge in [-0.2, -0.15) is 13.2 Å². The van der Waals surface area contributed by atoms with Crippen LogP contribution in [0.3, 0.4) is 0 Å². The number of nitrogens with two attached hydrogens (primary N) is 1. The molecule has 0 aliphatic heterocycles. The molecular weight excluding hydrogens is 438 g/mol. The van der Waals surface area contributed by atoms with E-state index in [-0.39, 0.29) is 29.4 Å². The number of aromatic nitrogens is 1. The summed E-state index contributed by atoms with van der Waals surface area (Å²) in [7, 11) is 7.11. The van der Waals surface area contributed by atoms with Gasteiger partial charge in [0.25, 0.3) is 5.91 Å². The van der Waals surface area contributed by atoms with Crippen molar-refractivity contribution in [1.29, 1.82) is 0 Å². The van der Waals surface area contributed by atoms with Gasteiger partial charge in [-0.05, 0) is 24.3 Å². The number of benzene rings is 2. The number of rotatable bonds is 7. The molecule has 2 aromatic carbocycles. The molecule has 1 amide bonds. The minimum Gasteiger partial charge on any atom is -0.475 e.